The Morgan fingerprint density at radius 3 is 2.36 bits per heavy atom. The number of amides is 2. The molecule has 1 heterocycles. The van der Waals surface area contributed by atoms with Crippen molar-refractivity contribution in [3.05, 3.63) is 59.7 Å². The number of anilines is 1. The summed E-state index contributed by atoms with van der Waals surface area (Å²) in [5.74, 6) is 0.0802. The third kappa shape index (κ3) is 4.72. The monoisotopic (exact) mass is 396 g/mol. The van der Waals surface area contributed by atoms with Crippen molar-refractivity contribution in [2.75, 3.05) is 12.4 Å². The molecule has 28 heavy (non-hydrogen) atoms. The Kier molecular flexibility index (Phi) is 6.00. The third-order valence-electron chi connectivity index (χ3n) is 4.05. The van der Waals surface area contributed by atoms with E-state index in [0.717, 1.165) is 16.9 Å². The standard InChI is InChI=1S/C20H20N4O3S/c1-12-4-6-14(7-5-12)18(26)21-13(2)17(25)22-20-24-23-19(28-20)15-8-10-16(27-3)11-9-15/h4-11,13H,1-3H3,(H,21,26)(H,22,24,25)/t13-/m1/s1. The predicted molar refractivity (Wildman–Crippen MR) is 109 cm³/mol. The molecule has 2 aromatic carbocycles. The molecule has 3 aromatic rings. The average Bonchev–Trinajstić information content (AvgIpc) is 3.17. The van der Waals surface area contributed by atoms with E-state index in [-0.39, 0.29) is 11.8 Å². The van der Waals surface area contributed by atoms with Gasteiger partial charge < -0.3 is 10.1 Å². The molecule has 0 bridgehead atoms. The number of carbonyl (C=O) groups is 2. The van der Waals surface area contributed by atoms with Crippen LogP contribution in [-0.2, 0) is 4.79 Å². The minimum Gasteiger partial charge on any atom is -0.497 e. The number of ether oxygens (including phenoxy) is 1. The fourth-order valence-electron chi connectivity index (χ4n) is 2.39. The van der Waals surface area contributed by atoms with Gasteiger partial charge in [0, 0.05) is 11.1 Å². The van der Waals surface area contributed by atoms with Gasteiger partial charge in [0.2, 0.25) is 11.0 Å². The number of methoxy groups -OCH3 is 1. The molecule has 3 rings (SSSR count). The van der Waals surface area contributed by atoms with E-state index < -0.39 is 6.04 Å². The number of carbonyl (C=O) groups excluding carboxylic acids is 2. The highest BCUT2D eigenvalue weighted by atomic mass is 32.1. The lowest BCUT2D eigenvalue weighted by Crippen LogP contribution is -2.41. The Morgan fingerprint density at radius 1 is 1.04 bits per heavy atom. The molecule has 0 spiro atoms. The molecule has 0 aliphatic heterocycles. The van der Waals surface area contributed by atoms with Gasteiger partial charge in [-0.2, -0.15) is 0 Å². The van der Waals surface area contributed by atoms with E-state index in [2.05, 4.69) is 20.8 Å². The van der Waals surface area contributed by atoms with Gasteiger partial charge >= 0.3 is 0 Å². The third-order valence-corrected chi connectivity index (χ3v) is 4.93. The molecule has 0 unspecified atom stereocenters. The lowest BCUT2D eigenvalue weighted by atomic mass is 10.1. The minimum absolute atomic E-state index is 0.307. The number of aromatic nitrogens is 2. The first kappa shape index (κ1) is 19.5. The van der Waals surface area contributed by atoms with E-state index in [0.29, 0.717) is 15.7 Å². The van der Waals surface area contributed by atoms with Crippen LogP contribution in [0.25, 0.3) is 10.6 Å². The Labute approximate surface area is 166 Å². The van der Waals surface area contributed by atoms with E-state index >= 15 is 0 Å². The molecule has 0 aliphatic carbocycles. The number of hydrogen-bond acceptors (Lipinski definition) is 6. The summed E-state index contributed by atoms with van der Waals surface area (Å²) in [6.45, 7) is 3.56. The van der Waals surface area contributed by atoms with Crippen molar-refractivity contribution in [1.29, 1.82) is 0 Å². The van der Waals surface area contributed by atoms with Gasteiger partial charge in [0.05, 0.1) is 7.11 Å². The van der Waals surface area contributed by atoms with Crippen LogP contribution in [0.2, 0.25) is 0 Å². The van der Waals surface area contributed by atoms with Gasteiger partial charge in [0.15, 0.2) is 0 Å². The Balaban J connectivity index is 1.60. The van der Waals surface area contributed by atoms with Crippen LogP contribution in [0.5, 0.6) is 5.75 Å². The van der Waals surface area contributed by atoms with Crippen LogP contribution in [0.15, 0.2) is 48.5 Å². The molecule has 144 valence electrons. The summed E-state index contributed by atoms with van der Waals surface area (Å²) < 4.78 is 5.13. The summed E-state index contributed by atoms with van der Waals surface area (Å²) in [6, 6.07) is 13.8. The first-order valence-corrected chi connectivity index (χ1v) is 9.44. The maximum Gasteiger partial charge on any atom is 0.251 e. The van der Waals surface area contributed by atoms with Crippen LogP contribution in [0.1, 0.15) is 22.8 Å². The van der Waals surface area contributed by atoms with E-state index in [1.165, 1.54) is 11.3 Å². The summed E-state index contributed by atoms with van der Waals surface area (Å²) in [4.78, 5) is 24.6. The maximum absolute atomic E-state index is 12.4. The first-order chi connectivity index (χ1) is 13.5. The fraction of sp³-hybridized carbons (Fsp3) is 0.200. The molecule has 0 fully saturated rings. The molecule has 2 N–H and O–H groups in total. The smallest absolute Gasteiger partial charge is 0.251 e. The summed E-state index contributed by atoms with van der Waals surface area (Å²) >= 11 is 1.25. The average molecular weight is 396 g/mol. The van der Waals surface area contributed by atoms with Gasteiger partial charge in [-0.05, 0) is 50.2 Å². The van der Waals surface area contributed by atoms with Crippen LogP contribution in [-0.4, -0.2) is 35.2 Å². The van der Waals surface area contributed by atoms with Gasteiger partial charge in [0.25, 0.3) is 5.91 Å². The second kappa shape index (κ2) is 8.62. The second-order valence-corrected chi connectivity index (χ2v) is 7.17. The topological polar surface area (TPSA) is 93.2 Å². The Hall–Kier alpha value is -3.26. The van der Waals surface area contributed by atoms with E-state index in [1.54, 1.807) is 26.2 Å². The normalized spacial score (nSPS) is 11.5. The predicted octanol–water partition coefficient (Wildman–Crippen LogP) is 3.28. The zero-order chi connectivity index (χ0) is 20.1. The van der Waals surface area contributed by atoms with Crippen molar-refractivity contribution in [1.82, 2.24) is 15.5 Å². The molecule has 0 saturated heterocycles. The van der Waals surface area contributed by atoms with Crippen molar-refractivity contribution >= 4 is 28.3 Å². The lowest BCUT2D eigenvalue weighted by Gasteiger charge is -2.12. The summed E-state index contributed by atoms with van der Waals surface area (Å²) in [6.07, 6.45) is 0. The highest BCUT2D eigenvalue weighted by Crippen LogP contribution is 2.27. The Morgan fingerprint density at radius 2 is 1.71 bits per heavy atom. The summed E-state index contributed by atoms with van der Waals surface area (Å²) in [7, 11) is 1.60. The van der Waals surface area contributed by atoms with Gasteiger partial charge in [-0.15, -0.1) is 10.2 Å². The molecule has 1 aromatic heterocycles. The quantitative estimate of drug-likeness (QED) is 0.667. The molecule has 1 atom stereocenters. The molecule has 0 aliphatic rings. The van der Waals surface area contributed by atoms with E-state index in [4.69, 9.17) is 4.74 Å². The van der Waals surface area contributed by atoms with Crippen LogP contribution < -0.4 is 15.4 Å². The number of nitrogens with one attached hydrogen (secondary N) is 2. The SMILES string of the molecule is COc1ccc(-c2nnc(NC(=O)[C@@H](C)NC(=O)c3ccc(C)cc3)s2)cc1. The second-order valence-electron chi connectivity index (χ2n) is 6.19. The van der Waals surface area contributed by atoms with E-state index in [1.807, 2.05) is 43.3 Å². The molecule has 0 radical (unpaired) electrons. The summed E-state index contributed by atoms with van der Waals surface area (Å²) in [5, 5.41) is 14.5. The van der Waals surface area contributed by atoms with Crippen molar-refractivity contribution in [3.63, 3.8) is 0 Å². The highest BCUT2D eigenvalue weighted by molar-refractivity contribution is 7.18. The van der Waals surface area contributed by atoms with Gasteiger partial charge in [-0.1, -0.05) is 29.0 Å². The van der Waals surface area contributed by atoms with Crippen molar-refractivity contribution in [2.24, 2.45) is 0 Å². The summed E-state index contributed by atoms with van der Waals surface area (Å²) in [5.41, 5.74) is 2.44. The molecule has 7 nitrogen and oxygen atoms in total. The molecule has 0 saturated carbocycles. The molecule has 8 heteroatoms. The van der Waals surface area contributed by atoms with Crippen LogP contribution >= 0.6 is 11.3 Å². The van der Waals surface area contributed by atoms with Gasteiger partial charge in [-0.25, -0.2) is 0 Å². The van der Waals surface area contributed by atoms with Crippen molar-refractivity contribution in [2.45, 2.75) is 19.9 Å². The number of hydrogen-bond donors (Lipinski definition) is 2. The zero-order valence-electron chi connectivity index (χ0n) is 15.7. The maximum atomic E-state index is 12.4. The van der Waals surface area contributed by atoms with Gasteiger partial charge in [-0.3, -0.25) is 14.9 Å². The molecule has 2 amide bonds. The largest absolute Gasteiger partial charge is 0.497 e. The van der Waals surface area contributed by atoms with Crippen molar-refractivity contribution in [3.8, 4) is 16.3 Å². The number of benzene rings is 2. The fourth-order valence-corrected chi connectivity index (χ4v) is 3.14. The van der Waals surface area contributed by atoms with Crippen LogP contribution in [0.3, 0.4) is 0 Å². The molecular weight excluding hydrogens is 376 g/mol. The number of aryl methyl sites for hydroxylation is 1. The number of rotatable bonds is 6. The van der Waals surface area contributed by atoms with Gasteiger partial charge in [0.1, 0.15) is 16.8 Å². The lowest BCUT2D eigenvalue weighted by molar-refractivity contribution is -0.117. The minimum atomic E-state index is -0.720. The first-order valence-electron chi connectivity index (χ1n) is 8.62. The van der Waals surface area contributed by atoms with Crippen LogP contribution in [0, 0.1) is 6.92 Å². The Bertz CT molecular complexity index is 968. The van der Waals surface area contributed by atoms with E-state index in [9.17, 15) is 9.59 Å². The zero-order valence-corrected chi connectivity index (χ0v) is 16.5. The van der Waals surface area contributed by atoms with Crippen molar-refractivity contribution < 1.29 is 14.3 Å². The van der Waals surface area contributed by atoms with Crippen LogP contribution in [0.4, 0.5) is 5.13 Å². The molecular formula is C20H20N4O3S. The number of nitrogens with zero attached hydrogens (tertiary/aromatic N) is 2. The highest BCUT2D eigenvalue weighted by Gasteiger charge is 2.18.